The van der Waals surface area contributed by atoms with Crippen LogP contribution in [0.15, 0.2) is 42.6 Å². The maximum absolute atomic E-state index is 11.8. The maximum atomic E-state index is 11.8. The zero-order valence-electron chi connectivity index (χ0n) is 14.0. The van der Waals surface area contributed by atoms with Gasteiger partial charge in [-0.3, -0.25) is 9.78 Å². The molecule has 0 saturated carbocycles. The number of nitrogens with zero attached hydrogens (tertiary/aromatic N) is 4. The monoisotopic (exact) mass is 368 g/mol. The summed E-state index contributed by atoms with van der Waals surface area (Å²) in [5.41, 5.74) is 2.51. The minimum Gasteiger partial charge on any atom is -0.497 e. The van der Waals surface area contributed by atoms with E-state index >= 15 is 0 Å². The Hall–Kier alpha value is -3.00. The van der Waals surface area contributed by atoms with Crippen LogP contribution < -0.4 is 9.64 Å². The summed E-state index contributed by atoms with van der Waals surface area (Å²) in [4.78, 5) is 18.1. The van der Waals surface area contributed by atoms with Crippen molar-refractivity contribution < 1.29 is 14.6 Å². The average Bonchev–Trinajstić information content (AvgIpc) is 3.17. The number of methoxy groups -OCH3 is 1. The second-order valence-electron chi connectivity index (χ2n) is 5.94. The number of carbonyl (C=O) groups is 1. The summed E-state index contributed by atoms with van der Waals surface area (Å²) in [7, 11) is 1.58. The van der Waals surface area contributed by atoms with E-state index in [9.17, 15) is 9.90 Å². The Morgan fingerprint density at radius 3 is 2.92 bits per heavy atom. The molecule has 1 aliphatic heterocycles. The first-order valence-corrected chi connectivity index (χ1v) is 8.87. The Labute approximate surface area is 153 Å². The molecule has 0 aliphatic carbocycles. The summed E-state index contributed by atoms with van der Waals surface area (Å²) < 4.78 is 5.24. The predicted molar refractivity (Wildman–Crippen MR) is 97.6 cm³/mol. The molecule has 0 saturated heterocycles. The molecule has 4 rings (SSSR count). The Morgan fingerprint density at radius 1 is 1.31 bits per heavy atom. The SMILES string of the molecule is COc1ccc2c(c1)C(C(=O)O)CN(c1nnc(-c3ccccn3)s1)C2. The standard InChI is InChI=1S/C18H16N4O3S/c1-25-12-6-5-11-9-22(10-14(17(23)24)13(11)8-12)18-21-20-16(26-18)15-4-2-3-7-19-15/h2-8,14H,9-10H2,1H3,(H,23,24). The maximum Gasteiger partial charge on any atom is 0.312 e. The highest BCUT2D eigenvalue weighted by Crippen LogP contribution is 2.36. The van der Waals surface area contributed by atoms with Gasteiger partial charge in [0.2, 0.25) is 5.13 Å². The Bertz CT molecular complexity index is 945. The van der Waals surface area contributed by atoms with Crippen LogP contribution in [0.25, 0.3) is 10.7 Å². The van der Waals surface area contributed by atoms with Crippen LogP contribution in [0.1, 0.15) is 17.0 Å². The molecule has 0 spiro atoms. The summed E-state index contributed by atoms with van der Waals surface area (Å²) in [6.45, 7) is 0.923. The fraction of sp³-hybridized carbons (Fsp3) is 0.222. The number of hydrogen-bond acceptors (Lipinski definition) is 7. The van der Waals surface area contributed by atoms with E-state index in [2.05, 4.69) is 15.2 Å². The largest absolute Gasteiger partial charge is 0.497 e. The van der Waals surface area contributed by atoms with Crippen molar-refractivity contribution in [2.24, 2.45) is 0 Å². The molecular formula is C18H16N4O3S. The zero-order valence-corrected chi connectivity index (χ0v) is 14.8. The molecule has 1 N–H and O–H groups in total. The Morgan fingerprint density at radius 2 is 2.19 bits per heavy atom. The van der Waals surface area contributed by atoms with Crippen LogP contribution in [-0.2, 0) is 11.3 Å². The smallest absolute Gasteiger partial charge is 0.312 e. The van der Waals surface area contributed by atoms with Crippen molar-refractivity contribution in [3.8, 4) is 16.5 Å². The van der Waals surface area contributed by atoms with Crippen molar-refractivity contribution in [2.45, 2.75) is 12.5 Å². The van der Waals surface area contributed by atoms with Gasteiger partial charge in [0, 0.05) is 19.3 Å². The van der Waals surface area contributed by atoms with Gasteiger partial charge in [-0.1, -0.05) is 23.5 Å². The number of aliphatic carboxylic acids is 1. The predicted octanol–water partition coefficient (Wildman–Crippen LogP) is 2.80. The summed E-state index contributed by atoms with van der Waals surface area (Å²) in [5, 5.41) is 19.6. The fourth-order valence-electron chi connectivity index (χ4n) is 3.05. The number of hydrogen-bond donors (Lipinski definition) is 1. The number of ether oxygens (including phenoxy) is 1. The van der Waals surface area contributed by atoms with E-state index in [1.165, 1.54) is 11.3 Å². The van der Waals surface area contributed by atoms with Crippen LogP contribution in [0, 0.1) is 0 Å². The summed E-state index contributed by atoms with van der Waals surface area (Å²) in [6.07, 6.45) is 1.71. The van der Waals surface area contributed by atoms with E-state index in [0.29, 0.717) is 29.0 Å². The number of anilines is 1. The van der Waals surface area contributed by atoms with Crippen molar-refractivity contribution in [1.82, 2.24) is 15.2 Å². The molecule has 0 fully saturated rings. The summed E-state index contributed by atoms with van der Waals surface area (Å²) in [5.74, 6) is -0.841. The molecule has 26 heavy (non-hydrogen) atoms. The molecule has 1 unspecified atom stereocenters. The van der Waals surface area contributed by atoms with E-state index in [-0.39, 0.29) is 0 Å². The molecule has 0 bridgehead atoms. The van der Waals surface area contributed by atoms with Gasteiger partial charge in [-0.15, -0.1) is 10.2 Å². The third-order valence-corrected chi connectivity index (χ3v) is 5.37. The Kier molecular flexibility index (Phi) is 4.26. The van der Waals surface area contributed by atoms with Gasteiger partial charge in [-0.25, -0.2) is 0 Å². The third kappa shape index (κ3) is 2.99. The second kappa shape index (κ2) is 6.72. The molecule has 1 atom stereocenters. The van der Waals surface area contributed by atoms with Gasteiger partial charge in [0.25, 0.3) is 0 Å². The van der Waals surface area contributed by atoms with Gasteiger partial charge in [0.15, 0.2) is 5.01 Å². The first-order chi connectivity index (χ1) is 12.7. The summed E-state index contributed by atoms with van der Waals surface area (Å²) in [6, 6.07) is 11.2. The van der Waals surface area contributed by atoms with Gasteiger partial charge < -0.3 is 14.7 Å². The molecule has 3 aromatic rings. The van der Waals surface area contributed by atoms with Crippen molar-refractivity contribution in [3.05, 3.63) is 53.7 Å². The van der Waals surface area contributed by atoms with Crippen LogP contribution in [0.3, 0.4) is 0 Å². The quantitative estimate of drug-likeness (QED) is 0.757. The normalized spacial score (nSPS) is 16.2. The van der Waals surface area contributed by atoms with Gasteiger partial charge in [0.1, 0.15) is 11.4 Å². The number of aromatic nitrogens is 3. The van der Waals surface area contributed by atoms with Crippen LogP contribution in [-0.4, -0.2) is 39.9 Å². The molecule has 7 nitrogen and oxygen atoms in total. The van der Waals surface area contributed by atoms with Crippen LogP contribution in [0.4, 0.5) is 5.13 Å². The number of rotatable bonds is 4. The molecule has 0 radical (unpaired) electrons. The first-order valence-electron chi connectivity index (χ1n) is 8.05. The first kappa shape index (κ1) is 16.5. The zero-order chi connectivity index (χ0) is 18.1. The van der Waals surface area contributed by atoms with Gasteiger partial charge in [-0.05, 0) is 35.4 Å². The van der Waals surface area contributed by atoms with Crippen molar-refractivity contribution in [3.63, 3.8) is 0 Å². The highest BCUT2D eigenvalue weighted by Gasteiger charge is 2.32. The number of fused-ring (bicyclic) bond motifs is 1. The molecule has 2 aromatic heterocycles. The molecule has 1 aromatic carbocycles. The van der Waals surface area contributed by atoms with Crippen molar-refractivity contribution >= 4 is 22.4 Å². The lowest BCUT2D eigenvalue weighted by Crippen LogP contribution is -2.36. The highest BCUT2D eigenvalue weighted by molar-refractivity contribution is 7.18. The fourth-order valence-corrected chi connectivity index (χ4v) is 3.88. The number of carboxylic acids is 1. The molecule has 8 heteroatoms. The minimum atomic E-state index is -0.862. The highest BCUT2D eigenvalue weighted by atomic mass is 32.1. The van der Waals surface area contributed by atoms with Crippen LogP contribution in [0.2, 0.25) is 0 Å². The van der Waals surface area contributed by atoms with Crippen LogP contribution >= 0.6 is 11.3 Å². The van der Waals surface area contributed by atoms with E-state index < -0.39 is 11.9 Å². The van der Waals surface area contributed by atoms with E-state index in [1.54, 1.807) is 13.3 Å². The molecule has 3 heterocycles. The number of carboxylic acid groups (broad SMARTS) is 1. The topological polar surface area (TPSA) is 88.4 Å². The lowest BCUT2D eigenvalue weighted by atomic mass is 9.90. The van der Waals surface area contributed by atoms with Gasteiger partial charge >= 0.3 is 5.97 Å². The molecule has 0 amide bonds. The van der Waals surface area contributed by atoms with E-state index in [1.807, 2.05) is 41.3 Å². The number of benzene rings is 1. The third-order valence-electron chi connectivity index (χ3n) is 4.36. The minimum absolute atomic E-state index is 0.340. The second-order valence-corrected chi connectivity index (χ2v) is 6.90. The van der Waals surface area contributed by atoms with Crippen LogP contribution in [0.5, 0.6) is 5.75 Å². The van der Waals surface area contributed by atoms with Crippen molar-refractivity contribution in [2.75, 3.05) is 18.6 Å². The molecule has 132 valence electrons. The van der Waals surface area contributed by atoms with E-state index in [0.717, 1.165) is 16.8 Å². The summed E-state index contributed by atoms with van der Waals surface area (Å²) >= 11 is 1.41. The Balaban J connectivity index is 1.66. The van der Waals surface area contributed by atoms with Gasteiger partial charge in [-0.2, -0.15) is 0 Å². The lowest BCUT2D eigenvalue weighted by molar-refractivity contribution is -0.138. The number of pyridine rings is 1. The van der Waals surface area contributed by atoms with Crippen molar-refractivity contribution in [1.29, 1.82) is 0 Å². The van der Waals surface area contributed by atoms with E-state index in [4.69, 9.17) is 4.74 Å². The molecule has 1 aliphatic rings. The average molecular weight is 368 g/mol. The molecular weight excluding hydrogens is 352 g/mol. The van der Waals surface area contributed by atoms with Gasteiger partial charge in [0.05, 0.1) is 13.0 Å². The lowest BCUT2D eigenvalue weighted by Gasteiger charge is -2.32.